The first-order valence-corrected chi connectivity index (χ1v) is 10.2. The van der Waals surface area contributed by atoms with Gasteiger partial charge in [-0.1, -0.05) is 30.3 Å². The molecule has 0 aliphatic carbocycles. The summed E-state index contributed by atoms with van der Waals surface area (Å²) in [5.74, 6) is -2.09. The molecule has 2 aromatic rings. The molecule has 0 saturated heterocycles. The molecule has 0 aromatic heterocycles. The van der Waals surface area contributed by atoms with Gasteiger partial charge in [-0.15, -0.1) is 0 Å². The van der Waals surface area contributed by atoms with Crippen molar-refractivity contribution in [2.24, 2.45) is 5.73 Å². The predicted molar refractivity (Wildman–Crippen MR) is 114 cm³/mol. The molecule has 2 N–H and O–H groups in total. The molecule has 0 spiro atoms. The van der Waals surface area contributed by atoms with Crippen LogP contribution in [0.15, 0.2) is 60.2 Å². The topological polar surface area (TPSA) is 114 Å². The molecule has 1 aliphatic heterocycles. The predicted octanol–water partition coefficient (Wildman–Crippen LogP) is 0.246. The third-order valence-electron chi connectivity index (χ3n) is 4.68. The number of benzene rings is 2. The third-order valence-corrected chi connectivity index (χ3v) is 6.13. The fraction of sp³-hybridized carbons (Fsp3) is 0.211. The van der Waals surface area contributed by atoms with E-state index in [0.29, 0.717) is 5.75 Å². The van der Waals surface area contributed by atoms with Gasteiger partial charge in [0, 0.05) is 5.56 Å². The van der Waals surface area contributed by atoms with Crippen LogP contribution in [0, 0.1) is 0 Å². The molecular weight excluding hydrogens is 419 g/mol. The zero-order valence-corrected chi connectivity index (χ0v) is 17.5. The van der Waals surface area contributed by atoms with Gasteiger partial charge in [0.2, 0.25) is 17.4 Å². The lowest BCUT2D eigenvalue weighted by Crippen LogP contribution is -2.40. The molecule has 0 fully saturated rings. The summed E-state index contributed by atoms with van der Waals surface area (Å²) in [6.07, 6.45) is 0. The molecule has 1 unspecified atom stereocenters. The molecular formula is C19H16B3NO7S. The van der Waals surface area contributed by atoms with Crippen molar-refractivity contribution in [1.29, 1.82) is 0 Å². The van der Waals surface area contributed by atoms with E-state index in [2.05, 4.69) is 0 Å². The Morgan fingerprint density at radius 1 is 1.06 bits per heavy atom. The second-order valence-electron chi connectivity index (χ2n) is 6.62. The summed E-state index contributed by atoms with van der Waals surface area (Å²) < 4.78 is 43.8. The molecule has 1 atom stereocenters. The quantitative estimate of drug-likeness (QED) is 0.487. The van der Waals surface area contributed by atoms with Gasteiger partial charge in [-0.05, 0) is 23.8 Å². The normalized spacial score (nSPS) is 19.1. The smallest absolute Gasteiger partial charge is 0.302 e. The van der Waals surface area contributed by atoms with E-state index in [-0.39, 0.29) is 16.9 Å². The zero-order valence-electron chi connectivity index (χ0n) is 16.7. The molecule has 12 heteroatoms. The summed E-state index contributed by atoms with van der Waals surface area (Å²) in [7, 11) is 15.8. The Balaban J connectivity index is 1.99. The number of carbonyl (C=O) groups is 1. The van der Waals surface area contributed by atoms with E-state index in [1.807, 2.05) is 0 Å². The van der Waals surface area contributed by atoms with Gasteiger partial charge >= 0.3 is 10.1 Å². The molecule has 1 aliphatic rings. The monoisotopic (exact) mass is 435 g/mol. The van der Waals surface area contributed by atoms with Gasteiger partial charge in [-0.3, -0.25) is 4.79 Å². The third kappa shape index (κ3) is 3.76. The first-order valence-electron chi connectivity index (χ1n) is 8.80. The number of nitrogens with two attached hydrogens (primary N) is 1. The molecule has 0 bridgehead atoms. The maximum atomic E-state index is 13.1. The Labute approximate surface area is 184 Å². The van der Waals surface area contributed by atoms with Gasteiger partial charge in [0.25, 0.3) is 0 Å². The molecule has 3 rings (SSSR count). The van der Waals surface area contributed by atoms with Crippen LogP contribution >= 0.6 is 0 Å². The number of hydrogen-bond donors (Lipinski definition) is 1. The van der Waals surface area contributed by atoms with Gasteiger partial charge < -0.3 is 24.1 Å². The number of methoxy groups -OCH3 is 2. The zero-order chi connectivity index (χ0) is 23.0. The number of hydrogen-bond acceptors (Lipinski definition) is 8. The summed E-state index contributed by atoms with van der Waals surface area (Å²) in [4.78, 5) is 13.1. The molecule has 0 saturated carbocycles. The second kappa shape index (κ2) is 7.92. The SMILES string of the molecule is [B]C1(c2cc(OC)ccc2OC)OC(N)=C(OS(=O)(=O)C([B])([B])c2ccccc2)C1=O. The van der Waals surface area contributed by atoms with Crippen molar-refractivity contribution in [3.63, 3.8) is 0 Å². The summed E-state index contributed by atoms with van der Waals surface area (Å²) in [5, 5.41) is 0. The van der Waals surface area contributed by atoms with Gasteiger partial charge in [0.1, 0.15) is 11.5 Å². The minimum atomic E-state index is -4.82. The second-order valence-corrected chi connectivity index (χ2v) is 8.37. The average Bonchev–Trinajstić information content (AvgIpc) is 2.97. The molecule has 154 valence electrons. The first kappa shape index (κ1) is 22.7. The van der Waals surface area contributed by atoms with E-state index >= 15 is 0 Å². The number of ether oxygens (including phenoxy) is 3. The van der Waals surface area contributed by atoms with E-state index in [9.17, 15) is 13.2 Å². The number of carbonyl (C=O) groups excluding carboxylic acids is 1. The number of Topliss-reactive ketones (excluding diaryl/α,β-unsaturated/α-hetero) is 1. The first-order chi connectivity index (χ1) is 14.5. The lowest BCUT2D eigenvalue weighted by atomic mass is 9.65. The average molecular weight is 435 g/mol. The summed E-state index contributed by atoms with van der Waals surface area (Å²) in [6, 6.07) is 12.0. The maximum absolute atomic E-state index is 13.1. The van der Waals surface area contributed by atoms with Crippen LogP contribution < -0.4 is 15.2 Å². The summed E-state index contributed by atoms with van der Waals surface area (Å²) in [6.45, 7) is 0. The van der Waals surface area contributed by atoms with Crippen LogP contribution in [0.4, 0.5) is 0 Å². The fourth-order valence-corrected chi connectivity index (χ4v) is 3.87. The van der Waals surface area contributed by atoms with Crippen LogP contribution in [0.3, 0.4) is 0 Å². The van der Waals surface area contributed by atoms with Crippen LogP contribution in [0.1, 0.15) is 11.1 Å². The highest BCUT2D eigenvalue weighted by Crippen LogP contribution is 2.42. The fourth-order valence-electron chi connectivity index (χ4n) is 2.93. The highest BCUT2D eigenvalue weighted by Gasteiger charge is 2.51. The molecule has 0 amide bonds. The summed E-state index contributed by atoms with van der Waals surface area (Å²) in [5.41, 5.74) is 3.56. The lowest BCUT2D eigenvalue weighted by Gasteiger charge is -2.27. The van der Waals surface area contributed by atoms with E-state index in [4.69, 9.17) is 47.7 Å². The maximum Gasteiger partial charge on any atom is 0.302 e. The van der Waals surface area contributed by atoms with E-state index in [1.54, 1.807) is 12.1 Å². The van der Waals surface area contributed by atoms with E-state index < -0.39 is 37.6 Å². The minimum absolute atomic E-state index is 0.0222. The molecule has 1 heterocycles. The Kier molecular flexibility index (Phi) is 5.79. The molecule has 8 nitrogen and oxygen atoms in total. The standard InChI is InChI=1S/C19H16B3NO7S/c1-27-12-8-9-14(28-2)13(10-12)18(20)16(24)15(17(23)29-18)30-31(25,26)19(21,22)11-6-4-3-5-7-11/h3-10H,23H2,1-2H3. The van der Waals surface area contributed by atoms with Crippen molar-refractivity contribution in [1.82, 2.24) is 0 Å². The number of rotatable bonds is 7. The van der Waals surface area contributed by atoms with Crippen molar-refractivity contribution in [2.75, 3.05) is 14.2 Å². The lowest BCUT2D eigenvalue weighted by molar-refractivity contribution is -0.126. The van der Waals surface area contributed by atoms with Gasteiger partial charge in [-0.25, -0.2) is 0 Å². The molecule has 31 heavy (non-hydrogen) atoms. The van der Waals surface area contributed by atoms with Crippen molar-refractivity contribution >= 4 is 39.4 Å². The van der Waals surface area contributed by atoms with Crippen molar-refractivity contribution in [3.05, 3.63) is 71.3 Å². The summed E-state index contributed by atoms with van der Waals surface area (Å²) >= 11 is 0. The van der Waals surface area contributed by atoms with Crippen molar-refractivity contribution < 1.29 is 31.6 Å². The van der Waals surface area contributed by atoms with Crippen LogP contribution in [0.5, 0.6) is 11.5 Å². The molecule has 6 radical (unpaired) electrons. The number of ketones is 1. The van der Waals surface area contributed by atoms with Crippen LogP contribution in [-0.4, -0.2) is 52.0 Å². The molecule has 2 aromatic carbocycles. The van der Waals surface area contributed by atoms with Crippen LogP contribution in [0.25, 0.3) is 0 Å². The highest BCUT2D eigenvalue weighted by atomic mass is 32.2. The van der Waals surface area contributed by atoms with Gasteiger partial charge in [-0.2, -0.15) is 8.42 Å². The van der Waals surface area contributed by atoms with Gasteiger partial charge in [0.15, 0.2) is 13.3 Å². The van der Waals surface area contributed by atoms with Crippen LogP contribution in [-0.2, 0) is 33.9 Å². The van der Waals surface area contributed by atoms with Crippen molar-refractivity contribution in [2.45, 2.75) is 10.0 Å². The highest BCUT2D eigenvalue weighted by molar-refractivity contribution is 7.90. The van der Waals surface area contributed by atoms with E-state index in [0.717, 1.165) is 0 Å². The Morgan fingerprint density at radius 2 is 1.71 bits per heavy atom. The van der Waals surface area contributed by atoms with Gasteiger partial charge in [0.05, 0.1) is 34.5 Å². The van der Waals surface area contributed by atoms with Crippen molar-refractivity contribution in [3.8, 4) is 11.5 Å². The van der Waals surface area contributed by atoms with E-state index in [1.165, 1.54) is 50.6 Å². The van der Waals surface area contributed by atoms with Crippen LogP contribution in [0.2, 0.25) is 0 Å². The Hall–Kier alpha value is -3.01. The minimum Gasteiger partial charge on any atom is -0.497 e. The largest absolute Gasteiger partial charge is 0.497 e. The Morgan fingerprint density at radius 3 is 2.29 bits per heavy atom. The Bertz CT molecular complexity index is 1150.